The molecule has 4 heteroatoms. The second kappa shape index (κ2) is 11.8. The van der Waals surface area contributed by atoms with Gasteiger partial charge in [0.15, 0.2) is 0 Å². The van der Waals surface area contributed by atoms with Gasteiger partial charge in [-0.2, -0.15) is 0 Å². The average Bonchev–Trinajstić information content (AvgIpc) is 2.96. The van der Waals surface area contributed by atoms with Crippen LogP contribution in [0, 0.1) is 0 Å². The van der Waals surface area contributed by atoms with Gasteiger partial charge in [0, 0.05) is 0 Å². The van der Waals surface area contributed by atoms with Gasteiger partial charge < -0.3 is 0 Å². The van der Waals surface area contributed by atoms with Crippen molar-refractivity contribution in [2.45, 2.75) is 8.87 Å². The van der Waals surface area contributed by atoms with Gasteiger partial charge in [-0.05, 0) is 0 Å². The Morgan fingerprint density at radius 3 is 0.778 bits per heavy atom. The Morgan fingerprint density at radius 1 is 0.333 bits per heavy atom. The topological polar surface area (TPSA) is 0 Å². The molecule has 5 aromatic rings. The van der Waals surface area contributed by atoms with E-state index < -0.39 is 34.5 Å². The number of rotatable bonds is 8. The summed E-state index contributed by atoms with van der Waals surface area (Å²) in [5.41, 5.74) is 2.60. The van der Waals surface area contributed by atoms with Crippen LogP contribution in [0.2, 0.25) is 0 Å². The molecule has 0 radical (unpaired) electrons. The van der Waals surface area contributed by atoms with E-state index in [1.54, 1.807) is 0 Å². The molecule has 0 spiro atoms. The van der Waals surface area contributed by atoms with Crippen LogP contribution in [0.1, 0.15) is 11.1 Å². The van der Waals surface area contributed by atoms with Crippen LogP contribution in [-0.4, -0.2) is 34.5 Å². The molecule has 0 fully saturated rings. The summed E-state index contributed by atoms with van der Waals surface area (Å²) in [6.45, 7) is 0. The molecular weight excluding hydrogens is 693 g/mol. The summed E-state index contributed by atoms with van der Waals surface area (Å²) in [5, 5.41) is 0. The molecule has 0 saturated carbocycles. The normalized spacial score (nSPS) is 11.8. The van der Waals surface area contributed by atoms with E-state index in [-0.39, 0.29) is 0 Å². The molecule has 5 rings (SSSR count). The molecule has 0 aliphatic carbocycles. The van der Waals surface area contributed by atoms with Gasteiger partial charge >= 0.3 is 232 Å². The Balaban J connectivity index is 1.45. The van der Waals surface area contributed by atoms with Crippen LogP contribution in [-0.2, 0) is 8.87 Å². The van der Waals surface area contributed by atoms with E-state index in [1.165, 1.54) is 25.4 Å². The molecule has 36 heavy (non-hydrogen) atoms. The maximum absolute atomic E-state index is 7.63. The first-order valence-corrected chi connectivity index (χ1v) is 29.2. The summed E-state index contributed by atoms with van der Waals surface area (Å²) in [6.07, 6.45) is 0. The molecule has 0 N–H and O–H groups in total. The van der Waals surface area contributed by atoms with Crippen LogP contribution < -0.4 is 14.3 Å². The van der Waals surface area contributed by atoms with Gasteiger partial charge in [-0.15, -0.1) is 0 Å². The van der Waals surface area contributed by atoms with E-state index in [0.29, 0.717) is 0 Å². The van der Waals surface area contributed by atoms with E-state index in [9.17, 15) is 0 Å². The van der Waals surface area contributed by atoms with Gasteiger partial charge in [0.25, 0.3) is 0 Å². The molecule has 178 valence electrons. The van der Waals surface area contributed by atoms with Crippen molar-refractivity contribution in [1.29, 1.82) is 0 Å². The van der Waals surface area contributed by atoms with Gasteiger partial charge in [-0.3, -0.25) is 0 Å². The first-order valence-electron chi connectivity index (χ1n) is 12.3. The van der Waals surface area contributed by atoms with Crippen LogP contribution in [0.3, 0.4) is 0 Å². The summed E-state index contributed by atoms with van der Waals surface area (Å²) in [7, 11) is 15.3. The fourth-order valence-electron chi connectivity index (χ4n) is 4.89. The van der Waals surface area contributed by atoms with Crippen LogP contribution in [0.4, 0.5) is 0 Å². The molecular formula is C32H28Cl2Sn2. The Hall–Kier alpha value is -1.72. The predicted octanol–water partition coefficient (Wildman–Crippen LogP) is 5.85. The number of benzene rings is 5. The zero-order valence-corrected chi connectivity index (χ0v) is 27.2. The van der Waals surface area contributed by atoms with E-state index in [2.05, 4.69) is 146 Å². The Bertz CT molecular complexity index is 1190. The van der Waals surface area contributed by atoms with Crippen molar-refractivity contribution in [3.63, 3.8) is 0 Å². The van der Waals surface area contributed by atoms with E-state index in [0.717, 1.165) is 8.87 Å². The monoisotopic (exact) mass is 722 g/mol. The van der Waals surface area contributed by atoms with Crippen molar-refractivity contribution >= 4 is 66.7 Å². The molecule has 0 amide bonds. The van der Waals surface area contributed by atoms with Crippen molar-refractivity contribution < 1.29 is 0 Å². The van der Waals surface area contributed by atoms with Gasteiger partial charge in [-0.25, -0.2) is 0 Å². The second-order valence-corrected chi connectivity index (χ2v) is 35.6. The zero-order chi connectivity index (χ0) is 24.8. The van der Waals surface area contributed by atoms with Gasteiger partial charge in [-0.1, -0.05) is 0 Å². The minimum atomic E-state index is -3.39. The van der Waals surface area contributed by atoms with Crippen molar-refractivity contribution in [1.82, 2.24) is 0 Å². The molecule has 0 nitrogen and oxygen atoms in total. The third kappa shape index (κ3) is 5.72. The molecule has 0 aromatic heterocycles. The van der Waals surface area contributed by atoms with Crippen molar-refractivity contribution in [3.8, 4) is 0 Å². The first-order chi connectivity index (χ1) is 17.6. The van der Waals surface area contributed by atoms with E-state index in [4.69, 9.17) is 17.8 Å². The van der Waals surface area contributed by atoms with Crippen LogP contribution in [0.15, 0.2) is 146 Å². The van der Waals surface area contributed by atoms with Gasteiger partial charge in [0.05, 0.1) is 0 Å². The van der Waals surface area contributed by atoms with Gasteiger partial charge in [0.1, 0.15) is 0 Å². The molecule has 0 aliphatic heterocycles. The first kappa shape index (κ1) is 25.9. The van der Waals surface area contributed by atoms with Crippen molar-refractivity contribution in [3.05, 3.63) is 157 Å². The standard InChI is InChI=1S/C8H8.4C6H5.2ClH.2Sn/c1-7-3-5-8(2)6-4-7;4*1-2-4-6-5-3-1;;;;/h3-6H,1-2H2;4*1-5H;2*1H;;/q;;;;;;;2*+1/p-2. The van der Waals surface area contributed by atoms with Crippen molar-refractivity contribution in [2.75, 3.05) is 0 Å². The number of halogens is 2. The maximum atomic E-state index is 7.63. The zero-order valence-electron chi connectivity index (χ0n) is 20.0. The summed E-state index contributed by atoms with van der Waals surface area (Å²) >= 11 is -6.77. The molecule has 0 aliphatic rings. The molecule has 0 heterocycles. The predicted molar refractivity (Wildman–Crippen MR) is 161 cm³/mol. The Morgan fingerprint density at radius 2 is 0.556 bits per heavy atom. The van der Waals surface area contributed by atoms with Crippen LogP contribution in [0.5, 0.6) is 0 Å². The second-order valence-electron chi connectivity index (χ2n) is 9.24. The number of hydrogen-bond acceptors (Lipinski definition) is 0. The summed E-state index contributed by atoms with van der Waals surface area (Å²) < 4.78 is 7.08. The van der Waals surface area contributed by atoms with Crippen molar-refractivity contribution in [2.24, 2.45) is 0 Å². The number of hydrogen-bond donors (Lipinski definition) is 0. The van der Waals surface area contributed by atoms with Gasteiger partial charge in [0.2, 0.25) is 0 Å². The molecule has 0 saturated heterocycles. The molecule has 0 atom stereocenters. The quantitative estimate of drug-likeness (QED) is 0.177. The summed E-state index contributed by atoms with van der Waals surface area (Å²) in [6, 6.07) is 51.9. The summed E-state index contributed by atoms with van der Waals surface area (Å²) in [4.78, 5) is 0. The Kier molecular flexibility index (Phi) is 8.47. The summed E-state index contributed by atoms with van der Waals surface area (Å²) in [5.74, 6) is 0. The van der Waals surface area contributed by atoms with Crippen LogP contribution in [0.25, 0.3) is 0 Å². The minimum absolute atomic E-state index is 0.914. The molecule has 0 bridgehead atoms. The fourth-order valence-corrected chi connectivity index (χ4v) is 27.4. The Labute approximate surface area is 230 Å². The molecule has 5 aromatic carbocycles. The van der Waals surface area contributed by atoms with E-state index in [1.807, 2.05) is 0 Å². The SMILES string of the molecule is [Cl][Sn]([CH2]c1ccc([CH2][Sn]([Cl])([c]2ccccc2)[c]2ccccc2)cc1)([c]1ccccc1)[c]1ccccc1. The third-order valence-electron chi connectivity index (χ3n) is 6.84. The third-order valence-corrected chi connectivity index (χ3v) is 33.9. The average molecular weight is 721 g/mol. The fraction of sp³-hybridized carbons (Fsp3) is 0.0625. The van der Waals surface area contributed by atoms with E-state index >= 15 is 0 Å². The molecule has 0 unspecified atom stereocenters. The van der Waals surface area contributed by atoms with Crippen LogP contribution >= 0.6 is 17.8 Å².